The highest BCUT2D eigenvalue weighted by Gasteiger charge is 2.21. The van der Waals surface area contributed by atoms with Crippen molar-refractivity contribution in [1.82, 2.24) is 4.90 Å². The van der Waals surface area contributed by atoms with Gasteiger partial charge in [-0.3, -0.25) is 14.5 Å². The first-order valence-electron chi connectivity index (χ1n) is 11.7. The Labute approximate surface area is 214 Å². The molecule has 37 heavy (non-hydrogen) atoms. The molecule has 196 valence electrons. The van der Waals surface area contributed by atoms with E-state index in [4.69, 9.17) is 28.1 Å². The molecule has 10 heteroatoms. The molecule has 1 N–H and O–H groups in total. The van der Waals surface area contributed by atoms with Crippen LogP contribution in [0, 0.1) is 0 Å². The van der Waals surface area contributed by atoms with Crippen LogP contribution in [-0.2, 0) is 24.3 Å². The fraction of sp³-hybridized carbons (Fsp3) is 0.333. The van der Waals surface area contributed by atoms with E-state index in [1.807, 2.05) is 12.1 Å². The third kappa shape index (κ3) is 6.15. The van der Waals surface area contributed by atoms with Gasteiger partial charge in [-0.05, 0) is 41.8 Å². The summed E-state index contributed by atoms with van der Waals surface area (Å²) in [7, 11) is 6.27. The third-order valence-corrected chi connectivity index (χ3v) is 6.07. The molecule has 0 saturated heterocycles. The van der Waals surface area contributed by atoms with Crippen molar-refractivity contribution in [2.75, 3.05) is 46.9 Å². The van der Waals surface area contributed by atoms with Gasteiger partial charge in [0.05, 0.1) is 40.7 Å². The molecule has 4 rings (SSSR count). The van der Waals surface area contributed by atoms with Gasteiger partial charge in [-0.1, -0.05) is 0 Å². The van der Waals surface area contributed by atoms with Crippen LogP contribution in [0.3, 0.4) is 0 Å². The average molecular weight is 511 g/mol. The molecule has 1 aromatic heterocycles. The molecule has 0 aliphatic carbocycles. The number of hydrogen-bond acceptors (Lipinski definition) is 9. The minimum absolute atomic E-state index is 0.0404. The summed E-state index contributed by atoms with van der Waals surface area (Å²) in [6.45, 7) is 1.58. The first kappa shape index (κ1) is 25.9. The SMILES string of the molecule is COc1ccc(NC(=O)COc2coc(CN3CCc4cc(OC)c(OC)cc4C3)cc2=O)c(OC)c1. The number of fused-ring (bicyclic) bond motifs is 1. The van der Waals surface area contributed by atoms with Gasteiger partial charge in [0.25, 0.3) is 5.91 Å². The first-order valence-corrected chi connectivity index (χ1v) is 11.7. The molecule has 0 fully saturated rings. The number of nitrogens with zero attached hydrogens (tertiary/aromatic N) is 1. The minimum Gasteiger partial charge on any atom is -0.497 e. The van der Waals surface area contributed by atoms with Crippen LogP contribution in [0.2, 0.25) is 0 Å². The van der Waals surface area contributed by atoms with Crippen LogP contribution >= 0.6 is 0 Å². The Balaban J connectivity index is 1.34. The van der Waals surface area contributed by atoms with Gasteiger partial charge in [0, 0.05) is 25.2 Å². The van der Waals surface area contributed by atoms with E-state index in [1.165, 1.54) is 32.1 Å². The van der Waals surface area contributed by atoms with Crippen molar-refractivity contribution >= 4 is 11.6 Å². The number of anilines is 1. The highest BCUT2D eigenvalue weighted by Crippen LogP contribution is 2.33. The standard InChI is InChI=1S/C27H30N2O8/c1-32-19-5-6-21(23(12-19)33-2)28-27(31)16-37-26-15-36-20(11-22(26)30)14-29-8-7-17-9-24(34-3)25(35-4)10-18(17)13-29/h5-6,9-12,15H,7-8,13-14,16H2,1-4H3,(H,28,31). The molecule has 0 bridgehead atoms. The number of amides is 1. The molecule has 0 radical (unpaired) electrons. The topological polar surface area (TPSA) is 109 Å². The summed E-state index contributed by atoms with van der Waals surface area (Å²) < 4.78 is 32.3. The molecule has 1 aliphatic rings. The normalized spacial score (nSPS) is 12.9. The number of methoxy groups -OCH3 is 4. The van der Waals surface area contributed by atoms with Crippen molar-refractivity contribution in [3.8, 4) is 28.7 Å². The maximum atomic E-state index is 12.6. The lowest BCUT2D eigenvalue weighted by Crippen LogP contribution is -2.30. The van der Waals surface area contributed by atoms with Crippen molar-refractivity contribution in [2.45, 2.75) is 19.5 Å². The van der Waals surface area contributed by atoms with Crippen molar-refractivity contribution in [2.24, 2.45) is 0 Å². The Morgan fingerprint density at radius 3 is 2.32 bits per heavy atom. The van der Waals surface area contributed by atoms with Gasteiger partial charge in [-0.15, -0.1) is 0 Å². The number of hydrogen-bond donors (Lipinski definition) is 1. The summed E-state index contributed by atoms with van der Waals surface area (Å²) in [5.41, 5.74) is 2.45. The fourth-order valence-electron chi connectivity index (χ4n) is 4.16. The maximum absolute atomic E-state index is 12.6. The zero-order valence-electron chi connectivity index (χ0n) is 21.3. The van der Waals surface area contributed by atoms with E-state index in [2.05, 4.69) is 10.2 Å². The van der Waals surface area contributed by atoms with E-state index in [9.17, 15) is 9.59 Å². The van der Waals surface area contributed by atoms with E-state index < -0.39 is 5.91 Å². The van der Waals surface area contributed by atoms with Gasteiger partial charge < -0.3 is 33.4 Å². The predicted octanol–water partition coefficient (Wildman–Crippen LogP) is 3.25. The van der Waals surface area contributed by atoms with Crippen molar-refractivity contribution in [3.05, 3.63) is 69.8 Å². The molecule has 0 atom stereocenters. The zero-order chi connectivity index (χ0) is 26.4. The van der Waals surface area contributed by atoms with Gasteiger partial charge in [0.2, 0.25) is 11.2 Å². The molecule has 0 spiro atoms. The summed E-state index contributed by atoms with van der Waals surface area (Å²) >= 11 is 0. The van der Waals surface area contributed by atoms with E-state index in [0.29, 0.717) is 47.5 Å². The second kappa shape index (κ2) is 11.7. The van der Waals surface area contributed by atoms with Gasteiger partial charge in [0.15, 0.2) is 18.1 Å². The van der Waals surface area contributed by atoms with Gasteiger partial charge in [-0.25, -0.2) is 0 Å². The van der Waals surface area contributed by atoms with Crippen molar-refractivity contribution < 1.29 is 32.9 Å². The Morgan fingerprint density at radius 1 is 0.919 bits per heavy atom. The summed E-state index contributed by atoms with van der Waals surface area (Å²) in [5.74, 6) is 2.45. The Hall–Kier alpha value is -4.18. The van der Waals surface area contributed by atoms with Gasteiger partial charge >= 0.3 is 0 Å². The number of rotatable bonds is 10. The summed E-state index contributed by atoms with van der Waals surface area (Å²) in [6.07, 6.45) is 2.08. The van der Waals surface area contributed by atoms with Crippen molar-refractivity contribution in [3.63, 3.8) is 0 Å². The average Bonchev–Trinajstić information content (AvgIpc) is 2.91. The number of ether oxygens (including phenoxy) is 5. The molecule has 0 saturated carbocycles. The molecule has 2 heterocycles. The number of nitrogens with one attached hydrogen (secondary N) is 1. The minimum atomic E-state index is -0.453. The van der Waals surface area contributed by atoms with E-state index in [-0.39, 0.29) is 17.8 Å². The summed E-state index contributed by atoms with van der Waals surface area (Å²) in [4.78, 5) is 27.1. The van der Waals surface area contributed by atoms with Gasteiger partial charge in [0.1, 0.15) is 23.5 Å². The van der Waals surface area contributed by atoms with E-state index >= 15 is 0 Å². The molecule has 1 aliphatic heterocycles. The molecule has 0 unspecified atom stereocenters. The molecule has 3 aromatic rings. The molecule has 1 amide bonds. The number of carbonyl (C=O) groups is 1. The third-order valence-electron chi connectivity index (χ3n) is 6.07. The predicted molar refractivity (Wildman–Crippen MR) is 136 cm³/mol. The van der Waals surface area contributed by atoms with Crippen LogP contribution in [-0.4, -0.2) is 52.4 Å². The number of benzene rings is 2. The zero-order valence-corrected chi connectivity index (χ0v) is 21.3. The Kier molecular flexibility index (Phi) is 8.19. The van der Waals surface area contributed by atoms with Crippen LogP contribution in [0.15, 0.2) is 51.9 Å². The molecule has 10 nitrogen and oxygen atoms in total. The van der Waals surface area contributed by atoms with Crippen molar-refractivity contribution in [1.29, 1.82) is 0 Å². The quantitative estimate of drug-likeness (QED) is 0.440. The lowest BCUT2D eigenvalue weighted by molar-refractivity contribution is -0.118. The maximum Gasteiger partial charge on any atom is 0.262 e. The van der Waals surface area contributed by atoms with Crippen LogP contribution in [0.4, 0.5) is 5.69 Å². The van der Waals surface area contributed by atoms with Crippen LogP contribution < -0.4 is 34.4 Å². The van der Waals surface area contributed by atoms with E-state index in [1.54, 1.807) is 32.4 Å². The lowest BCUT2D eigenvalue weighted by atomic mass is 9.98. The number of carbonyl (C=O) groups excluding carboxylic acids is 1. The van der Waals surface area contributed by atoms with Crippen LogP contribution in [0.25, 0.3) is 0 Å². The summed E-state index contributed by atoms with van der Waals surface area (Å²) in [6, 6.07) is 10.4. The van der Waals surface area contributed by atoms with E-state index in [0.717, 1.165) is 18.5 Å². The highest BCUT2D eigenvalue weighted by atomic mass is 16.5. The largest absolute Gasteiger partial charge is 0.497 e. The van der Waals surface area contributed by atoms with Crippen LogP contribution in [0.5, 0.6) is 28.7 Å². The second-order valence-corrected chi connectivity index (χ2v) is 8.41. The lowest BCUT2D eigenvalue weighted by Gasteiger charge is -2.29. The smallest absolute Gasteiger partial charge is 0.262 e. The molecular formula is C27H30N2O8. The molecule has 2 aromatic carbocycles. The first-order chi connectivity index (χ1) is 17.9. The fourth-order valence-corrected chi connectivity index (χ4v) is 4.16. The Morgan fingerprint density at radius 2 is 1.65 bits per heavy atom. The van der Waals surface area contributed by atoms with Crippen LogP contribution in [0.1, 0.15) is 16.9 Å². The monoisotopic (exact) mass is 510 g/mol. The molecular weight excluding hydrogens is 480 g/mol. The van der Waals surface area contributed by atoms with Gasteiger partial charge in [-0.2, -0.15) is 0 Å². The summed E-state index contributed by atoms with van der Waals surface area (Å²) in [5, 5.41) is 2.69. The Bertz CT molecular complexity index is 1320. The highest BCUT2D eigenvalue weighted by molar-refractivity contribution is 5.93. The second-order valence-electron chi connectivity index (χ2n) is 8.41.